The van der Waals surface area contributed by atoms with Gasteiger partial charge in [0.25, 0.3) is 5.91 Å². The van der Waals surface area contributed by atoms with Crippen molar-refractivity contribution in [3.63, 3.8) is 0 Å². The molecule has 2 fully saturated rings. The number of benzene rings is 2. The van der Waals surface area contributed by atoms with Gasteiger partial charge in [-0.25, -0.2) is 9.97 Å². The molecule has 0 bridgehead atoms. The monoisotopic (exact) mass is 440 g/mol. The number of rotatable bonds is 4. The predicted molar refractivity (Wildman–Crippen MR) is 131 cm³/mol. The van der Waals surface area contributed by atoms with E-state index in [4.69, 9.17) is 5.73 Å². The summed E-state index contributed by atoms with van der Waals surface area (Å²) < 4.78 is 2.29. The fourth-order valence-electron chi connectivity index (χ4n) is 5.02. The Balaban J connectivity index is 1.45. The number of likely N-dealkylation sites (tertiary alicyclic amines) is 1. The van der Waals surface area contributed by atoms with E-state index in [1.165, 1.54) is 0 Å². The van der Waals surface area contributed by atoms with Crippen molar-refractivity contribution in [3.8, 4) is 11.1 Å². The number of nitrogens with two attached hydrogens (primary N) is 1. The minimum Gasteiger partial charge on any atom is -0.383 e. The van der Waals surface area contributed by atoms with Gasteiger partial charge in [0.2, 0.25) is 0 Å². The molecule has 1 saturated carbocycles. The summed E-state index contributed by atoms with van der Waals surface area (Å²) in [6.45, 7) is 2.14. The van der Waals surface area contributed by atoms with Crippen LogP contribution in [0.1, 0.15) is 42.1 Å². The van der Waals surface area contributed by atoms with Crippen molar-refractivity contribution in [1.29, 1.82) is 0 Å². The second kappa shape index (κ2) is 7.85. The molecule has 6 rings (SSSR count). The molecule has 168 valence electrons. The molecule has 1 aliphatic carbocycles. The number of nitrogens with zero attached hydrogens (tertiary/aromatic N) is 4. The summed E-state index contributed by atoms with van der Waals surface area (Å²) >= 11 is 0. The van der Waals surface area contributed by atoms with Gasteiger partial charge in [0.05, 0.1) is 5.39 Å². The Kier molecular flexibility index (Phi) is 4.80. The number of nitrogen functional groups attached to an aromatic ring is 1. The van der Waals surface area contributed by atoms with Crippen molar-refractivity contribution >= 4 is 33.5 Å². The molecular weight excluding hydrogens is 412 g/mol. The van der Waals surface area contributed by atoms with Crippen LogP contribution in [0.2, 0.25) is 0 Å². The SMILES string of the molecule is CN1CCC(n2cc(-c3ccc4c(C(=O)NC5CC5)cccc4c3)c3c(N)ncnc32)CC1. The zero-order chi connectivity index (χ0) is 22.5. The molecule has 2 aromatic carbocycles. The van der Waals surface area contributed by atoms with Crippen LogP contribution >= 0.6 is 0 Å². The van der Waals surface area contributed by atoms with Crippen LogP contribution in [0, 0.1) is 0 Å². The van der Waals surface area contributed by atoms with E-state index in [0.29, 0.717) is 17.9 Å². The maximum atomic E-state index is 12.7. The van der Waals surface area contributed by atoms with E-state index in [2.05, 4.69) is 56.2 Å². The van der Waals surface area contributed by atoms with Gasteiger partial charge in [-0.1, -0.05) is 24.3 Å². The molecule has 0 unspecified atom stereocenters. The Hall–Kier alpha value is -3.45. The Bertz CT molecular complexity index is 1360. The fourth-order valence-corrected chi connectivity index (χ4v) is 5.02. The first-order valence-electron chi connectivity index (χ1n) is 11.7. The molecule has 3 N–H and O–H groups in total. The molecule has 3 heterocycles. The van der Waals surface area contributed by atoms with Gasteiger partial charge in [-0.3, -0.25) is 4.79 Å². The lowest BCUT2D eigenvalue weighted by Crippen LogP contribution is -2.31. The predicted octanol–water partition coefficient (Wildman–Crippen LogP) is 3.99. The summed E-state index contributed by atoms with van der Waals surface area (Å²) in [6.07, 6.45) is 8.06. The third-order valence-corrected chi connectivity index (χ3v) is 7.07. The lowest BCUT2D eigenvalue weighted by Gasteiger charge is -2.30. The van der Waals surface area contributed by atoms with E-state index in [1.807, 2.05) is 18.2 Å². The number of hydrogen-bond acceptors (Lipinski definition) is 5. The van der Waals surface area contributed by atoms with Crippen LogP contribution < -0.4 is 11.1 Å². The Morgan fingerprint density at radius 3 is 2.70 bits per heavy atom. The zero-order valence-electron chi connectivity index (χ0n) is 18.8. The van der Waals surface area contributed by atoms with E-state index >= 15 is 0 Å². The first-order valence-corrected chi connectivity index (χ1v) is 11.7. The highest BCUT2D eigenvalue weighted by atomic mass is 16.1. The van der Waals surface area contributed by atoms with Crippen molar-refractivity contribution in [2.75, 3.05) is 25.9 Å². The van der Waals surface area contributed by atoms with Crippen LogP contribution in [0.3, 0.4) is 0 Å². The van der Waals surface area contributed by atoms with Crippen LogP contribution in [0.4, 0.5) is 5.82 Å². The smallest absolute Gasteiger partial charge is 0.252 e. The van der Waals surface area contributed by atoms with Gasteiger partial charge >= 0.3 is 0 Å². The van der Waals surface area contributed by atoms with Crippen LogP contribution in [-0.4, -0.2) is 51.5 Å². The summed E-state index contributed by atoms with van der Waals surface area (Å²) in [5, 5.41) is 6.00. The summed E-state index contributed by atoms with van der Waals surface area (Å²) in [5.74, 6) is 0.506. The Labute approximate surface area is 192 Å². The fraction of sp³-hybridized carbons (Fsp3) is 0.346. The third-order valence-electron chi connectivity index (χ3n) is 7.07. The molecule has 1 saturated heterocycles. The van der Waals surface area contributed by atoms with E-state index in [1.54, 1.807) is 6.33 Å². The number of carbonyl (C=O) groups is 1. The lowest BCUT2D eigenvalue weighted by molar-refractivity contribution is 0.0952. The second-order valence-electron chi connectivity index (χ2n) is 9.43. The summed E-state index contributed by atoms with van der Waals surface area (Å²) in [7, 11) is 2.17. The van der Waals surface area contributed by atoms with Gasteiger partial charge in [0.15, 0.2) is 0 Å². The number of fused-ring (bicyclic) bond motifs is 2. The van der Waals surface area contributed by atoms with Gasteiger partial charge in [0, 0.05) is 29.4 Å². The number of anilines is 1. The van der Waals surface area contributed by atoms with Gasteiger partial charge in [-0.05, 0) is 74.3 Å². The minimum atomic E-state index is 0.00682. The molecule has 0 spiro atoms. The maximum Gasteiger partial charge on any atom is 0.252 e. The minimum absolute atomic E-state index is 0.00682. The maximum absolute atomic E-state index is 12.7. The van der Waals surface area contributed by atoms with E-state index in [0.717, 1.165) is 77.3 Å². The third kappa shape index (κ3) is 3.62. The molecule has 0 radical (unpaired) electrons. The quantitative estimate of drug-likeness (QED) is 0.501. The van der Waals surface area contributed by atoms with Gasteiger partial charge in [-0.15, -0.1) is 0 Å². The Morgan fingerprint density at radius 2 is 1.91 bits per heavy atom. The topological polar surface area (TPSA) is 89.1 Å². The zero-order valence-corrected chi connectivity index (χ0v) is 18.8. The van der Waals surface area contributed by atoms with Crippen LogP contribution in [0.15, 0.2) is 48.9 Å². The molecule has 1 aliphatic heterocycles. The van der Waals surface area contributed by atoms with E-state index in [-0.39, 0.29) is 5.91 Å². The normalized spacial score (nSPS) is 17.6. The largest absolute Gasteiger partial charge is 0.383 e. The number of aromatic nitrogens is 3. The van der Waals surface area contributed by atoms with Crippen LogP contribution in [-0.2, 0) is 0 Å². The van der Waals surface area contributed by atoms with Crippen molar-refractivity contribution in [3.05, 3.63) is 54.5 Å². The van der Waals surface area contributed by atoms with Crippen LogP contribution in [0.5, 0.6) is 0 Å². The molecule has 1 amide bonds. The molecular formula is C26H28N6O. The molecule has 4 aromatic rings. The number of piperidine rings is 1. The second-order valence-corrected chi connectivity index (χ2v) is 9.43. The van der Waals surface area contributed by atoms with Crippen molar-refractivity contribution in [2.45, 2.75) is 37.8 Å². The molecule has 2 aromatic heterocycles. The number of carbonyl (C=O) groups excluding carboxylic acids is 1. The first-order chi connectivity index (χ1) is 16.1. The standard InChI is InChI=1S/C26H28N6O/c1-31-11-9-19(10-12-31)32-14-22(23-24(27)28-15-29-25(23)32)17-5-8-20-16(13-17)3-2-4-21(20)26(33)30-18-6-7-18/h2-5,8,13-15,18-19H,6-7,9-12H2,1H3,(H,30,33)(H2,27,28,29). The summed E-state index contributed by atoms with van der Waals surface area (Å²) in [5.41, 5.74) is 10.1. The Morgan fingerprint density at radius 1 is 1.09 bits per heavy atom. The average Bonchev–Trinajstić information content (AvgIpc) is 3.55. The number of amides is 1. The molecule has 7 nitrogen and oxygen atoms in total. The molecule has 0 atom stereocenters. The molecule has 7 heteroatoms. The lowest BCUT2D eigenvalue weighted by atomic mass is 9.98. The highest BCUT2D eigenvalue weighted by molar-refractivity contribution is 6.09. The van der Waals surface area contributed by atoms with E-state index in [9.17, 15) is 4.79 Å². The van der Waals surface area contributed by atoms with Crippen molar-refractivity contribution in [1.82, 2.24) is 24.8 Å². The highest BCUT2D eigenvalue weighted by Crippen LogP contribution is 2.37. The van der Waals surface area contributed by atoms with Crippen LogP contribution in [0.25, 0.3) is 32.9 Å². The summed E-state index contributed by atoms with van der Waals surface area (Å²) in [6, 6.07) is 12.9. The van der Waals surface area contributed by atoms with Gasteiger partial charge in [-0.2, -0.15) is 0 Å². The van der Waals surface area contributed by atoms with Crippen molar-refractivity contribution < 1.29 is 4.79 Å². The first kappa shape index (κ1) is 20.2. The van der Waals surface area contributed by atoms with E-state index < -0.39 is 0 Å². The molecule has 33 heavy (non-hydrogen) atoms. The number of nitrogens with one attached hydrogen (secondary N) is 1. The van der Waals surface area contributed by atoms with Crippen molar-refractivity contribution in [2.24, 2.45) is 0 Å². The number of hydrogen-bond donors (Lipinski definition) is 2. The molecule has 2 aliphatic rings. The summed E-state index contributed by atoms with van der Waals surface area (Å²) in [4.78, 5) is 24.0. The van der Waals surface area contributed by atoms with Gasteiger partial charge < -0.3 is 20.5 Å². The average molecular weight is 441 g/mol. The highest BCUT2D eigenvalue weighted by Gasteiger charge is 2.25. The van der Waals surface area contributed by atoms with Gasteiger partial charge in [0.1, 0.15) is 17.8 Å².